The van der Waals surface area contributed by atoms with Gasteiger partial charge in [0.05, 0.1) is 18.0 Å². The van der Waals surface area contributed by atoms with Crippen molar-refractivity contribution in [3.05, 3.63) is 64.4 Å². The Hall–Kier alpha value is -3.15. The highest BCUT2D eigenvalue weighted by Gasteiger charge is 2.18. The summed E-state index contributed by atoms with van der Waals surface area (Å²) in [4.78, 5) is 23.5. The number of carboxylic acid groups (broad SMARTS) is 1. The predicted molar refractivity (Wildman–Crippen MR) is 80.9 cm³/mol. The molecule has 0 radical (unpaired) electrons. The third-order valence-electron chi connectivity index (χ3n) is 3.31. The molecule has 3 aromatic rings. The molecule has 0 saturated heterocycles. The lowest BCUT2D eigenvalue weighted by Gasteiger charge is -2.13. The van der Waals surface area contributed by atoms with Crippen LogP contribution in [-0.4, -0.2) is 28.0 Å². The van der Waals surface area contributed by atoms with Crippen molar-refractivity contribution >= 4 is 16.9 Å². The van der Waals surface area contributed by atoms with Gasteiger partial charge in [-0.15, -0.1) is 0 Å². The standard InChI is InChI=1S/C16H12N2O4/c1-22-13-9-5-4-8-12(13)18-11-7-3-2-6-10(11)15(19)14(17-18)16(20)21/h2-9H,1H3,(H,20,21). The minimum atomic E-state index is -1.36. The maximum atomic E-state index is 12.2. The van der Waals surface area contributed by atoms with E-state index in [1.807, 2.05) is 0 Å². The molecule has 1 aromatic heterocycles. The molecule has 0 amide bonds. The molecule has 0 aliphatic rings. The molecule has 1 heterocycles. The maximum Gasteiger partial charge on any atom is 0.360 e. The Labute approximate surface area is 125 Å². The lowest BCUT2D eigenvalue weighted by Crippen LogP contribution is -2.22. The van der Waals surface area contributed by atoms with Crippen molar-refractivity contribution in [3.8, 4) is 11.4 Å². The highest BCUT2D eigenvalue weighted by Crippen LogP contribution is 2.24. The lowest BCUT2D eigenvalue weighted by molar-refractivity contribution is 0.0687. The average Bonchev–Trinajstić information content (AvgIpc) is 2.55. The lowest BCUT2D eigenvalue weighted by atomic mass is 10.2. The summed E-state index contributed by atoms with van der Waals surface area (Å²) in [7, 11) is 1.52. The van der Waals surface area contributed by atoms with Crippen molar-refractivity contribution in [2.24, 2.45) is 0 Å². The number of nitrogens with zero attached hydrogens (tertiary/aromatic N) is 2. The number of hydrogen-bond donors (Lipinski definition) is 1. The second-order valence-electron chi connectivity index (χ2n) is 4.58. The SMILES string of the molecule is COc1ccccc1-n1nc(C(=O)O)c(=O)c2ccccc21. The first-order valence-electron chi connectivity index (χ1n) is 6.52. The number of para-hydroxylation sites is 3. The zero-order valence-corrected chi connectivity index (χ0v) is 11.7. The minimum absolute atomic E-state index is 0.292. The van der Waals surface area contributed by atoms with Crippen molar-refractivity contribution in [1.82, 2.24) is 9.78 Å². The maximum absolute atomic E-state index is 12.2. The number of aromatic carboxylic acids is 1. The van der Waals surface area contributed by atoms with E-state index in [2.05, 4.69) is 5.10 Å². The minimum Gasteiger partial charge on any atom is -0.494 e. The molecular formula is C16H12N2O4. The van der Waals surface area contributed by atoms with E-state index in [0.29, 0.717) is 22.3 Å². The second kappa shape index (κ2) is 5.33. The Morgan fingerprint density at radius 2 is 1.82 bits per heavy atom. The number of ether oxygens (including phenoxy) is 1. The van der Waals surface area contributed by atoms with Gasteiger partial charge in [-0.3, -0.25) is 4.79 Å². The molecule has 0 aliphatic heterocycles. The molecule has 1 N–H and O–H groups in total. The number of hydrogen-bond acceptors (Lipinski definition) is 4. The number of fused-ring (bicyclic) bond motifs is 1. The van der Waals surface area contributed by atoms with E-state index in [4.69, 9.17) is 4.74 Å². The Bertz CT molecular complexity index is 931. The number of benzene rings is 2. The van der Waals surface area contributed by atoms with Crippen molar-refractivity contribution in [3.63, 3.8) is 0 Å². The highest BCUT2D eigenvalue weighted by atomic mass is 16.5. The van der Waals surface area contributed by atoms with Crippen molar-refractivity contribution in [2.45, 2.75) is 0 Å². The van der Waals surface area contributed by atoms with Crippen LogP contribution in [0, 0.1) is 0 Å². The predicted octanol–water partition coefficient (Wildman–Crippen LogP) is 2.09. The Balaban J connectivity index is 2.46. The van der Waals surface area contributed by atoms with Crippen LogP contribution in [0.4, 0.5) is 0 Å². The van der Waals surface area contributed by atoms with Gasteiger partial charge in [-0.25, -0.2) is 9.48 Å². The van der Waals surface area contributed by atoms with Gasteiger partial charge in [-0.05, 0) is 24.3 Å². The third kappa shape index (κ3) is 2.10. The molecule has 22 heavy (non-hydrogen) atoms. The molecule has 0 bridgehead atoms. The fourth-order valence-electron chi connectivity index (χ4n) is 2.31. The van der Waals surface area contributed by atoms with Gasteiger partial charge in [0.2, 0.25) is 11.1 Å². The molecule has 0 aliphatic carbocycles. The fourth-order valence-corrected chi connectivity index (χ4v) is 2.31. The zero-order chi connectivity index (χ0) is 15.7. The molecule has 0 spiro atoms. The summed E-state index contributed by atoms with van der Waals surface area (Å²) in [5.74, 6) is -0.834. The van der Waals surface area contributed by atoms with Crippen LogP contribution in [0.2, 0.25) is 0 Å². The van der Waals surface area contributed by atoms with Gasteiger partial charge in [-0.2, -0.15) is 5.10 Å². The number of rotatable bonds is 3. The van der Waals surface area contributed by atoms with Crippen LogP contribution >= 0.6 is 0 Å². The first kappa shape index (κ1) is 13.8. The average molecular weight is 296 g/mol. The number of aromatic nitrogens is 2. The number of methoxy groups -OCH3 is 1. The topological polar surface area (TPSA) is 81.4 Å². The molecule has 2 aromatic carbocycles. The quantitative estimate of drug-likeness (QED) is 0.800. The van der Waals surface area contributed by atoms with Crippen molar-refractivity contribution in [2.75, 3.05) is 7.11 Å². The second-order valence-corrected chi connectivity index (χ2v) is 4.58. The molecule has 0 atom stereocenters. The Morgan fingerprint density at radius 1 is 1.14 bits per heavy atom. The van der Waals surface area contributed by atoms with E-state index < -0.39 is 17.1 Å². The van der Waals surface area contributed by atoms with Gasteiger partial charge in [0.1, 0.15) is 11.4 Å². The summed E-state index contributed by atoms with van der Waals surface area (Å²) >= 11 is 0. The van der Waals surface area contributed by atoms with E-state index in [1.54, 1.807) is 48.5 Å². The van der Waals surface area contributed by atoms with Crippen LogP contribution in [-0.2, 0) is 0 Å². The summed E-state index contributed by atoms with van der Waals surface area (Å²) in [5, 5.41) is 13.5. The van der Waals surface area contributed by atoms with Crippen LogP contribution in [0.15, 0.2) is 53.3 Å². The van der Waals surface area contributed by atoms with E-state index in [0.717, 1.165) is 0 Å². The third-order valence-corrected chi connectivity index (χ3v) is 3.31. The molecule has 0 unspecified atom stereocenters. The zero-order valence-electron chi connectivity index (χ0n) is 11.7. The molecule has 6 nitrogen and oxygen atoms in total. The molecule has 6 heteroatoms. The van der Waals surface area contributed by atoms with E-state index in [1.165, 1.54) is 11.8 Å². The number of carbonyl (C=O) groups is 1. The Kier molecular flexibility index (Phi) is 3.34. The summed E-state index contributed by atoms with van der Waals surface area (Å²) < 4.78 is 6.71. The largest absolute Gasteiger partial charge is 0.494 e. The fraction of sp³-hybridized carbons (Fsp3) is 0.0625. The van der Waals surface area contributed by atoms with E-state index in [-0.39, 0.29) is 0 Å². The summed E-state index contributed by atoms with van der Waals surface area (Å²) in [6.07, 6.45) is 0. The summed E-state index contributed by atoms with van der Waals surface area (Å²) in [6.45, 7) is 0. The van der Waals surface area contributed by atoms with Gasteiger partial charge in [0.25, 0.3) is 0 Å². The molecule has 3 rings (SSSR count). The monoisotopic (exact) mass is 296 g/mol. The first-order valence-corrected chi connectivity index (χ1v) is 6.52. The number of carboxylic acids is 1. The van der Waals surface area contributed by atoms with Gasteiger partial charge < -0.3 is 9.84 Å². The van der Waals surface area contributed by atoms with Crippen LogP contribution in [0.1, 0.15) is 10.5 Å². The summed E-state index contributed by atoms with van der Waals surface area (Å²) in [5.41, 5.74) is -0.0513. The summed E-state index contributed by atoms with van der Waals surface area (Å²) in [6, 6.07) is 13.8. The highest BCUT2D eigenvalue weighted by molar-refractivity contribution is 5.91. The van der Waals surface area contributed by atoms with Gasteiger partial charge in [0, 0.05) is 0 Å². The molecule has 0 saturated carbocycles. The smallest absolute Gasteiger partial charge is 0.360 e. The first-order chi connectivity index (χ1) is 10.6. The van der Waals surface area contributed by atoms with Crippen molar-refractivity contribution < 1.29 is 14.6 Å². The van der Waals surface area contributed by atoms with Crippen LogP contribution < -0.4 is 10.2 Å². The Morgan fingerprint density at radius 3 is 2.55 bits per heavy atom. The van der Waals surface area contributed by atoms with E-state index >= 15 is 0 Å². The van der Waals surface area contributed by atoms with Gasteiger partial charge in [0.15, 0.2) is 0 Å². The van der Waals surface area contributed by atoms with E-state index in [9.17, 15) is 14.7 Å². The van der Waals surface area contributed by atoms with Gasteiger partial charge in [-0.1, -0.05) is 24.3 Å². The van der Waals surface area contributed by atoms with Crippen LogP contribution in [0.25, 0.3) is 16.6 Å². The normalized spacial score (nSPS) is 10.6. The molecule has 0 fully saturated rings. The molecular weight excluding hydrogens is 284 g/mol. The molecule has 110 valence electrons. The van der Waals surface area contributed by atoms with Crippen molar-refractivity contribution in [1.29, 1.82) is 0 Å². The van der Waals surface area contributed by atoms with Gasteiger partial charge >= 0.3 is 5.97 Å². The van der Waals surface area contributed by atoms with Crippen LogP contribution in [0.5, 0.6) is 5.75 Å². The van der Waals surface area contributed by atoms with Crippen LogP contribution in [0.3, 0.4) is 0 Å².